The maximum atomic E-state index is 11.9. The molecule has 0 amide bonds. The summed E-state index contributed by atoms with van der Waals surface area (Å²) in [7, 11) is 0. The largest absolute Gasteiger partial charge is 0.458 e. The van der Waals surface area contributed by atoms with Crippen molar-refractivity contribution in [3.05, 3.63) is 70.3 Å². The number of hydrogen-bond donors (Lipinski definition) is 1. The van der Waals surface area contributed by atoms with Gasteiger partial charge >= 0.3 is 11.9 Å². The molecule has 5 atom stereocenters. The molecule has 1 saturated heterocycles. The van der Waals surface area contributed by atoms with Gasteiger partial charge in [-0.3, -0.25) is 9.59 Å². The van der Waals surface area contributed by atoms with Crippen LogP contribution in [0.15, 0.2) is 42.5 Å². The number of carbonyl (C=O) groups excluding carboxylic acids is 2. The van der Waals surface area contributed by atoms with Crippen molar-refractivity contribution in [2.75, 3.05) is 12.9 Å². The van der Waals surface area contributed by atoms with Gasteiger partial charge in [-0.25, -0.2) is 0 Å². The first kappa shape index (κ1) is 28.2. The van der Waals surface area contributed by atoms with Crippen LogP contribution in [0, 0.1) is 12.8 Å². The smallest absolute Gasteiger partial charge is 0.303 e. The number of benzene rings is 2. The number of carbonyl (C=O) groups is 2. The molecule has 0 spiro atoms. The van der Waals surface area contributed by atoms with E-state index in [1.807, 2.05) is 13.2 Å². The molecule has 1 N–H and O–H groups in total. The number of ether oxygens (including phenoxy) is 3. The summed E-state index contributed by atoms with van der Waals surface area (Å²) in [6.45, 7) is 7.04. The van der Waals surface area contributed by atoms with E-state index in [9.17, 15) is 9.59 Å². The second-order valence-corrected chi connectivity index (χ2v) is 10.5. The van der Waals surface area contributed by atoms with Crippen molar-refractivity contribution in [2.24, 2.45) is 5.92 Å². The van der Waals surface area contributed by atoms with Crippen molar-refractivity contribution in [1.29, 1.82) is 0 Å². The molecule has 0 bridgehead atoms. The van der Waals surface area contributed by atoms with Crippen LogP contribution in [0.3, 0.4) is 0 Å². The topological polar surface area (TPSA) is 82.1 Å². The monoisotopic (exact) mass is 514 g/mol. The van der Waals surface area contributed by atoms with Crippen LogP contribution in [-0.4, -0.2) is 47.6 Å². The molecular weight excluding hydrogens is 476 g/mol. The minimum absolute atomic E-state index is 0.213. The second kappa shape index (κ2) is 13.3. The van der Waals surface area contributed by atoms with E-state index in [1.165, 1.54) is 47.9 Å². The molecule has 36 heavy (non-hydrogen) atoms. The number of aryl methyl sites for hydroxylation is 2. The molecule has 2 aromatic rings. The summed E-state index contributed by atoms with van der Waals surface area (Å²) in [5.74, 6) is -1.05. The molecule has 1 aliphatic heterocycles. The number of aliphatic hydroxyl groups excluding tert-OH is 1. The second-order valence-electron chi connectivity index (χ2n) is 9.53. The molecule has 0 radical (unpaired) electrons. The highest BCUT2D eigenvalue weighted by Crippen LogP contribution is 2.42. The fourth-order valence-corrected chi connectivity index (χ4v) is 5.48. The van der Waals surface area contributed by atoms with Gasteiger partial charge in [0.25, 0.3) is 0 Å². The number of thioether (sulfide) groups is 1. The Morgan fingerprint density at radius 2 is 1.61 bits per heavy atom. The number of aliphatic hydroxyl groups is 1. The van der Waals surface area contributed by atoms with Crippen molar-refractivity contribution in [2.45, 2.75) is 77.1 Å². The Kier molecular flexibility index (Phi) is 10.4. The fourth-order valence-electron chi connectivity index (χ4n) is 4.77. The van der Waals surface area contributed by atoms with Crippen molar-refractivity contribution < 1.29 is 28.9 Å². The standard InChI is InChI=1S/C29H38O6S/c1-18-9-14-24(17-25(18)16-23-12-10-22(11-13-23)8-6-7-15-30)26-19(2)27(33-20(3)31)28(34-21(4)32)29(35-26)36-5/h9-14,17,19,26-30H,6-8,15-16H2,1-5H3/t19-,26+,27+,28-,29+/m0/s1. The Balaban J connectivity index is 1.83. The average molecular weight is 515 g/mol. The van der Waals surface area contributed by atoms with Crippen LogP contribution < -0.4 is 0 Å². The molecule has 2 aromatic carbocycles. The van der Waals surface area contributed by atoms with E-state index < -0.39 is 29.6 Å². The molecule has 3 rings (SSSR count). The highest BCUT2D eigenvalue weighted by molar-refractivity contribution is 7.99. The van der Waals surface area contributed by atoms with Gasteiger partial charge in [0, 0.05) is 26.4 Å². The number of rotatable bonds is 10. The van der Waals surface area contributed by atoms with Gasteiger partial charge in [0.15, 0.2) is 6.10 Å². The summed E-state index contributed by atoms with van der Waals surface area (Å²) in [5, 5.41) is 8.99. The molecule has 0 saturated carbocycles. The Bertz CT molecular complexity index is 1020. The van der Waals surface area contributed by atoms with Crippen LogP contribution in [0.4, 0.5) is 0 Å². The first-order chi connectivity index (χ1) is 17.2. The minimum Gasteiger partial charge on any atom is -0.458 e. The summed E-state index contributed by atoms with van der Waals surface area (Å²) < 4.78 is 17.7. The molecule has 1 fully saturated rings. The summed E-state index contributed by atoms with van der Waals surface area (Å²) >= 11 is 1.44. The molecule has 196 valence electrons. The van der Waals surface area contributed by atoms with E-state index in [0.29, 0.717) is 0 Å². The predicted molar refractivity (Wildman–Crippen MR) is 142 cm³/mol. The number of hydrogen-bond acceptors (Lipinski definition) is 7. The molecule has 1 aliphatic rings. The van der Waals surface area contributed by atoms with Crippen molar-refractivity contribution in [3.8, 4) is 0 Å². The lowest BCUT2D eigenvalue weighted by atomic mass is 9.85. The Morgan fingerprint density at radius 3 is 2.22 bits per heavy atom. The maximum absolute atomic E-state index is 11.9. The highest BCUT2D eigenvalue weighted by Gasteiger charge is 2.48. The van der Waals surface area contributed by atoms with Crippen LogP contribution in [0.1, 0.15) is 67.5 Å². The molecular formula is C29H38O6S. The van der Waals surface area contributed by atoms with E-state index in [0.717, 1.165) is 31.2 Å². The summed E-state index contributed by atoms with van der Waals surface area (Å²) in [4.78, 5) is 23.7. The highest BCUT2D eigenvalue weighted by atomic mass is 32.2. The quantitative estimate of drug-likeness (QED) is 0.346. The Labute approximate surface area is 218 Å². The van der Waals surface area contributed by atoms with Gasteiger partial charge < -0.3 is 19.3 Å². The lowest BCUT2D eigenvalue weighted by Gasteiger charge is -2.44. The van der Waals surface area contributed by atoms with Crippen molar-refractivity contribution in [3.63, 3.8) is 0 Å². The molecule has 0 aliphatic carbocycles. The van der Waals surface area contributed by atoms with Gasteiger partial charge in [0.1, 0.15) is 11.5 Å². The third-order valence-electron chi connectivity index (χ3n) is 6.70. The van der Waals surface area contributed by atoms with Crippen LogP contribution in [0.2, 0.25) is 0 Å². The van der Waals surface area contributed by atoms with Crippen LogP contribution in [0.25, 0.3) is 0 Å². The van der Waals surface area contributed by atoms with Gasteiger partial charge in [0.05, 0.1) is 6.10 Å². The zero-order valence-electron chi connectivity index (χ0n) is 21.9. The Morgan fingerprint density at radius 1 is 0.972 bits per heavy atom. The van der Waals surface area contributed by atoms with Gasteiger partial charge in [-0.05, 0) is 66.7 Å². The van der Waals surface area contributed by atoms with Crippen molar-refractivity contribution >= 4 is 23.7 Å². The predicted octanol–water partition coefficient (Wildman–Crippen LogP) is 5.16. The fraction of sp³-hybridized carbons (Fsp3) is 0.517. The van der Waals surface area contributed by atoms with E-state index >= 15 is 0 Å². The molecule has 7 heteroatoms. The molecule has 6 nitrogen and oxygen atoms in total. The zero-order valence-corrected chi connectivity index (χ0v) is 22.7. The zero-order chi connectivity index (χ0) is 26.2. The molecule has 0 aromatic heterocycles. The maximum Gasteiger partial charge on any atom is 0.303 e. The number of esters is 2. The summed E-state index contributed by atoms with van der Waals surface area (Å²) in [6.07, 6.45) is 3.89. The number of unbranched alkanes of at least 4 members (excludes halogenated alkanes) is 1. The Hall–Kier alpha value is -2.35. The lowest BCUT2D eigenvalue weighted by Crippen LogP contribution is -2.52. The van der Waals surface area contributed by atoms with Gasteiger partial charge in [-0.1, -0.05) is 49.4 Å². The van der Waals surface area contributed by atoms with Crippen LogP contribution >= 0.6 is 11.8 Å². The van der Waals surface area contributed by atoms with Crippen LogP contribution in [0.5, 0.6) is 0 Å². The first-order valence-corrected chi connectivity index (χ1v) is 13.8. The van der Waals surface area contributed by atoms with E-state index in [-0.39, 0.29) is 18.6 Å². The summed E-state index contributed by atoms with van der Waals surface area (Å²) in [5.41, 5.74) is 5.48. The van der Waals surface area contributed by atoms with Gasteiger partial charge in [0.2, 0.25) is 0 Å². The molecule has 1 heterocycles. The first-order valence-electron chi connectivity index (χ1n) is 12.5. The average Bonchev–Trinajstić information content (AvgIpc) is 2.84. The third kappa shape index (κ3) is 7.34. The van der Waals surface area contributed by atoms with E-state index in [4.69, 9.17) is 19.3 Å². The minimum atomic E-state index is -0.673. The normalized spacial score (nSPS) is 23.8. The van der Waals surface area contributed by atoms with Crippen molar-refractivity contribution in [1.82, 2.24) is 0 Å². The molecule has 0 unspecified atom stereocenters. The van der Waals surface area contributed by atoms with Gasteiger partial charge in [-0.2, -0.15) is 0 Å². The third-order valence-corrected chi connectivity index (χ3v) is 7.54. The van der Waals surface area contributed by atoms with Gasteiger partial charge in [-0.15, -0.1) is 11.8 Å². The van der Waals surface area contributed by atoms with E-state index in [2.05, 4.69) is 49.4 Å². The summed E-state index contributed by atoms with van der Waals surface area (Å²) in [6, 6.07) is 15.0. The van der Waals surface area contributed by atoms with Crippen LogP contribution in [-0.2, 0) is 36.6 Å². The lowest BCUT2D eigenvalue weighted by molar-refractivity contribution is -0.208. The SMILES string of the molecule is CS[C@H]1O[C@@H](c2ccc(C)c(Cc3ccc(CCCCO)cc3)c2)[C@H](C)[C@@H](OC(C)=O)[C@@H]1OC(C)=O. The van der Waals surface area contributed by atoms with E-state index in [1.54, 1.807) is 0 Å².